The fourth-order valence-electron chi connectivity index (χ4n) is 3.86. The number of nitrogens with one attached hydrogen (secondary N) is 1. The summed E-state index contributed by atoms with van der Waals surface area (Å²) in [6, 6.07) is 6.85. The van der Waals surface area contributed by atoms with Crippen LogP contribution in [0.1, 0.15) is 30.9 Å². The molecular formula is C20H30Cl2F2N4O2. The molecule has 2 aromatic rings. The van der Waals surface area contributed by atoms with Gasteiger partial charge in [0.1, 0.15) is 0 Å². The van der Waals surface area contributed by atoms with E-state index < -0.39 is 13.0 Å². The fraction of sp³-hybridized carbons (Fsp3) is 0.600. The maximum atomic E-state index is 13.5. The number of aliphatic hydroxyl groups excluding tert-OH is 1. The summed E-state index contributed by atoms with van der Waals surface area (Å²) in [6.45, 7) is 5.34. The molecule has 1 amide bonds. The number of benzene rings is 1. The lowest BCUT2D eigenvalue weighted by Crippen LogP contribution is -2.53. The van der Waals surface area contributed by atoms with Crippen LogP contribution < -0.4 is 5.32 Å². The Balaban J connectivity index is 0.00000225. The van der Waals surface area contributed by atoms with Gasteiger partial charge in [-0.25, -0.2) is 13.8 Å². The number of fused-ring (bicyclic) bond motifs is 1. The molecule has 0 aliphatic carbocycles. The van der Waals surface area contributed by atoms with Crippen LogP contribution in [-0.4, -0.2) is 64.2 Å². The molecule has 1 aliphatic heterocycles. The van der Waals surface area contributed by atoms with Crippen molar-refractivity contribution in [2.24, 2.45) is 11.8 Å². The molecule has 0 radical (unpaired) electrons. The molecule has 0 bridgehead atoms. The summed E-state index contributed by atoms with van der Waals surface area (Å²) >= 11 is 0. The van der Waals surface area contributed by atoms with Crippen molar-refractivity contribution in [3.63, 3.8) is 0 Å². The minimum Gasteiger partial charge on any atom is -0.396 e. The molecular weight excluding hydrogens is 437 g/mol. The molecule has 3 rings (SSSR count). The van der Waals surface area contributed by atoms with Crippen LogP contribution in [0.25, 0.3) is 11.0 Å². The van der Waals surface area contributed by atoms with Gasteiger partial charge in [-0.3, -0.25) is 4.79 Å². The van der Waals surface area contributed by atoms with Gasteiger partial charge in [-0.15, -0.1) is 24.8 Å². The molecule has 1 aliphatic rings. The number of halogens is 4. The minimum atomic E-state index is -2.59. The normalized spacial score (nSPS) is 18.9. The highest BCUT2D eigenvalue weighted by Crippen LogP contribution is 2.23. The number of alkyl halides is 2. The van der Waals surface area contributed by atoms with E-state index in [-0.39, 0.29) is 61.0 Å². The quantitative estimate of drug-likeness (QED) is 0.656. The molecule has 2 N–H and O–H groups in total. The van der Waals surface area contributed by atoms with Gasteiger partial charge in [0.05, 0.1) is 17.6 Å². The smallest absolute Gasteiger partial charge is 0.290 e. The van der Waals surface area contributed by atoms with E-state index in [9.17, 15) is 18.7 Å². The average molecular weight is 467 g/mol. The maximum Gasteiger partial charge on any atom is 0.290 e. The van der Waals surface area contributed by atoms with Crippen molar-refractivity contribution in [1.82, 2.24) is 19.8 Å². The average Bonchev–Trinajstić information content (AvgIpc) is 3.03. The molecule has 30 heavy (non-hydrogen) atoms. The van der Waals surface area contributed by atoms with Gasteiger partial charge < -0.3 is 19.9 Å². The number of carbonyl (C=O) groups is 1. The Labute approximate surface area is 187 Å². The number of aromatic nitrogens is 2. The second kappa shape index (κ2) is 11.8. The maximum absolute atomic E-state index is 13.5. The number of hydrogen-bond donors (Lipinski definition) is 2. The van der Waals surface area contributed by atoms with Crippen molar-refractivity contribution in [3.8, 4) is 0 Å². The number of nitrogens with zero attached hydrogens (tertiary/aromatic N) is 3. The number of hydrogen-bond acceptors (Lipinski definition) is 4. The Bertz CT molecular complexity index is 819. The summed E-state index contributed by atoms with van der Waals surface area (Å²) in [7, 11) is 0. The van der Waals surface area contributed by atoms with Gasteiger partial charge in [0, 0.05) is 32.3 Å². The Morgan fingerprint density at radius 3 is 2.63 bits per heavy atom. The van der Waals surface area contributed by atoms with Crippen molar-refractivity contribution < 1.29 is 18.7 Å². The molecule has 170 valence electrons. The lowest BCUT2D eigenvalue weighted by atomic mass is 9.94. The van der Waals surface area contributed by atoms with Crippen molar-refractivity contribution in [3.05, 3.63) is 30.1 Å². The molecule has 0 spiro atoms. The standard InChI is InChI=1S/C20H28F2N4O2.2ClH/c1-13(2)10-25(15-7-14(12-27)8-23-9-15)20(28)19-24-16-5-3-4-6-17(16)26(19)11-18(21)22;;/h3-6,13-15,18,23,27H,7-12H2,1-2H3;2*1H/t14-,15+;;/m1../s1. The lowest BCUT2D eigenvalue weighted by molar-refractivity contribution is 0.0531. The molecule has 2 heterocycles. The Morgan fingerprint density at radius 2 is 2.00 bits per heavy atom. The van der Waals surface area contributed by atoms with Crippen LogP contribution in [0.15, 0.2) is 24.3 Å². The van der Waals surface area contributed by atoms with Crippen molar-refractivity contribution in [2.45, 2.75) is 39.3 Å². The number of piperidine rings is 1. The summed E-state index contributed by atoms with van der Waals surface area (Å²) in [5.74, 6) is -0.00307. The number of aliphatic hydroxyl groups is 1. The van der Waals surface area contributed by atoms with E-state index in [1.165, 1.54) is 4.57 Å². The number of rotatable bonds is 7. The third-order valence-electron chi connectivity index (χ3n) is 5.11. The van der Waals surface area contributed by atoms with Crippen LogP contribution in [-0.2, 0) is 6.54 Å². The van der Waals surface area contributed by atoms with Gasteiger partial charge in [0.2, 0.25) is 0 Å². The zero-order chi connectivity index (χ0) is 20.3. The first-order valence-corrected chi connectivity index (χ1v) is 9.76. The van der Waals surface area contributed by atoms with E-state index >= 15 is 0 Å². The van der Waals surface area contributed by atoms with Gasteiger partial charge >= 0.3 is 0 Å². The van der Waals surface area contributed by atoms with Gasteiger partial charge in [-0.1, -0.05) is 26.0 Å². The molecule has 6 nitrogen and oxygen atoms in total. The van der Waals surface area contributed by atoms with Crippen LogP contribution in [0.3, 0.4) is 0 Å². The van der Waals surface area contributed by atoms with E-state index in [1.807, 2.05) is 13.8 Å². The molecule has 0 saturated carbocycles. The van der Waals surface area contributed by atoms with Crippen LogP contribution in [0.5, 0.6) is 0 Å². The SMILES string of the molecule is CC(C)CN(C(=O)c1nc2ccccc2n1CC(F)F)[C@@H]1CNC[C@H](CO)C1.Cl.Cl. The first-order valence-electron chi connectivity index (χ1n) is 9.76. The zero-order valence-electron chi connectivity index (χ0n) is 17.1. The summed E-state index contributed by atoms with van der Waals surface area (Å²) in [6.07, 6.45) is -1.91. The topological polar surface area (TPSA) is 70.4 Å². The highest BCUT2D eigenvalue weighted by molar-refractivity contribution is 5.95. The number of carbonyl (C=O) groups excluding carboxylic acids is 1. The van der Waals surface area contributed by atoms with Crippen molar-refractivity contribution >= 4 is 41.8 Å². The molecule has 0 unspecified atom stereocenters. The summed E-state index contributed by atoms with van der Waals surface area (Å²) in [4.78, 5) is 19.6. The lowest BCUT2D eigenvalue weighted by Gasteiger charge is -2.38. The van der Waals surface area contributed by atoms with Crippen LogP contribution >= 0.6 is 24.8 Å². The molecule has 10 heteroatoms. The van der Waals surface area contributed by atoms with Crippen molar-refractivity contribution in [1.29, 1.82) is 0 Å². The van der Waals surface area contributed by atoms with E-state index in [4.69, 9.17) is 0 Å². The molecule has 1 saturated heterocycles. The summed E-state index contributed by atoms with van der Waals surface area (Å²) < 4.78 is 27.8. The molecule has 1 aromatic carbocycles. The summed E-state index contributed by atoms with van der Waals surface area (Å²) in [5.41, 5.74) is 1.07. The van der Waals surface area contributed by atoms with Crippen LogP contribution in [0, 0.1) is 11.8 Å². The van der Waals surface area contributed by atoms with E-state index in [0.717, 1.165) is 0 Å². The second-order valence-electron chi connectivity index (χ2n) is 7.87. The first kappa shape index (κ1) is 26.6. The number of imidazole rings is 1. The van der Waals surface area contributed by atoms with Gasteiger partial charge in [-0.2, -0.15) is 0 Å². The monoisotopic (exact) mass is 466 g/mol. The Kier molecular flexibility index (Phi) is 10.4. The van der Waals surface area contributed by atoms with Gasteiger partial charge in [0.25, 0.3) is 12.3 Å². The van der Waals surface area contributed by atoms with E-state index in [2.05, 4.69) is 10.3 Å². The second-order valence-corrected chi connectivity index (χ2v) is 7.87. The predicted octanol–water partition coefficient (Wildman–Crippen LogP) is 3.21. The van der Waals surface area contributed by atoms with E-state index in [0.29, 0.717) is 37.1 Å². The first-order chi connectivity index (χ1) is 13.4. The van der Waals surface area contributed by atoms with Crippen molar-refractivity contribution in [2.75, 3.05) is 26.2 Å². The van der Waals surface area contributed by atoms with Crippen LogP contribution in [0.2, 0.25) is 0 Å². The largest absolute Gasteiger partial charge is 0.396 e. The molecule has 1 aromatic heterocycles. The molecule has 1 fully saturated rings. The number of amides is 1. The highest BCUT2D eigenvalue weighted by Gasteiger charge is 2.33. The minimum absolute atomic E-state index is 0. The predicted molar refractivity (Wildman–Crippen MR) is 118 cm³/mol. The molecule has 2 atom stereocenters. The van der Waals surface area contributed by atoms with Gasteiger partial charge in [-0.05, 0) is 30.4 Å². The van der Waals surface area contributed by atoms with Gasteiger partial charge in [0.15, 0.2) is 5.82 Å². The van der Waals surface area contributed by atoms with Crippen LogP contribution in [0.4, 0.5) is 8.78 Å². The third-order valence-corrected chi connectivity index (χ3v) is 5.11. The third kappa shape index (κ3) is 6.03. The Morgan fingerprint density at radius 1 is 1.30 bits per heavy atom. The fourth-order valence-corrected chi connectivity index (χ4v) is 3.86. The van der Waals surface area contributed by atoms with E-state index in [1.54, 1.807) is 29.2 Å². The highest BCUT2D eigenvalue weighted by atomic mass is 35.5. The summed E-state index contributed by atoms with van der Waals surface area (Å²) in [5, 5.41) is 12.8. The zero-order valence-corrected chi connectivity index (χ0v) is 18.8. The Hall–Kier alpha value is -1.48. The number of para-hydroxylation sites is 2.